The number of benzene rings is 1. The van der Waals surface area contributed by atoms with Crippen molar-refractivity contribution in [1.29, 1.82) is 0 Å². The van der Waals surface area contributed by atoms with Gasteiger partial charge in [-0.2, -0.15) is 0 Å². The molecule has 4 nitrogen and oxygen atoms in total. The summed E-state index contributed by atoms with van der Waals surface area (Å²) in [6.45, 7) is 1.93. The summed E-state index contributed by atoms with van der Waals surface area (Å²) in [5.41, 5.74) is 6.00. The van der Waals surface area contributed by atoms with Gasteiger partial charge in [-0.1, -0.05) is 0 Å². The molecule has 1 aromatic carbocycles. The molecule has 1 amide bonds. The Bertz CT molecular complexity index is 394. The lowest BCUT2D eigenvalue weighted by Gasteiger charge is -2.32. The van der Waals surface area contributed by atoms with Gasteiger partial charge in [0, 0.05) is 25.2 Å². The summed E-state index contributed by atoms with van der Waals surface area (Å²) < 4.78 is 18.1. The first-order valence-electron chi connectivity index (χ1n) is 5.57. The minimum atomic E-state index is -0.344. The van der Waals surface area contributed by atoms with Crippen molar-refractivity contribution in [3.8, 4) is 0 Å². The van der Waals surface area contributed by atoms with Crippen LogP contribution in [-0.2, 0) is 4.74 Å². The van der Waals surface area contributed by atoms with Crippen molar-refractivity contribution in [1.82, 2.24) is 4.90 Å². The molecule has 1 saturated heterocycles. The number of hydrogen-bond donors (Lipinski definition) is 1. The number of hydrogen-bond acceptors (Lipinski definition) is 3. The first kappa shape index (κ1) is 12.0. The van der Waals surface area contributed by atoms with Crippen LogP contribution < -0.4 is 5.73 Å². The van der Waals surface area contributed by atoms with Crippen molar-refractivity contribution in [2.75, 3.05) is 26.2 Å². The summed E-state index contributed by atoms with van der Waals surface area (Å²) in [6.07, 6.45) is -0.104. The predicted molar refractivity (Wildman–Crippen MR) is 61.1 cm³/mol. The lowest BCUT2D eigenvalue weighted by Crippen LogP contribution is -2.48. The zero-order chi connectivity index (χ0) is 12.3. The van der Waals surface area contributed by atoms with Gasteiger partial charge >= 0.3 is 0 Å². The Morgan fingerprint density at radius 1 is 1.47 bits per heavy atom. The SMILES string of the molecule is NC[C@@H]1CN(C(=O)c2ccc(F)cc2)CCO1. The summed E-state index contributed by atoms with van der Waals surface area (Å²) >= 11 is 0. The average Bonchev–Trinajstić information content (AvgIpc) is 2.39. The molecule has 0 unspecified atom stereocenters. The van der Waals surface area contributed by atoms with Crippen molar-refractivity contribution in [3.63, 3.8) is 0 Å². The van der Waals surface area contributed by atoms with Crippen molar-refractivity contribution in [2.45, 2.75) is 6.10 Å². The van der Waals surface area contributed by atoms with Crippen LogP contribution in [0.25, 0.3) is 0 Å². The lowest BCUT2D eigenvalue weighted by molar-refractivity contribution is -0.0167. The second kappa shape index (κ2) is 5.25. The quantitative estimate of drug-likeness (QED) is 0.822. The van der Waals surface area contributed by atoms with E-state index >= 15 is 0 Å². The van der Waals surface area contributed by atoms with Gasteiger partial charge in [0.15, 0.2) is 0 Å². The highest BCUT2D eigenvalue weighted by Crippen LogP contribution is 2.11. The Morgan fingerprint density at radius 2 is 2.18 bits per heavy atom. The van der Waals surface area contributed by atoms with Crippen LogP contribution in [0.15, 0.2) is 24.3 Å². The zero-order valence-corrected chi connectivity index (χ0v) is 9.43. The van der Waals surface area contributed by atoms with Crippen molar-refractivity contribution in [2.24, 2.45) is 5.73 Å². The molecule has 2 rings (SSSR count). The monoisotopic (exact) mass is 238 g/mol. The molecule has 1 heterocycles. The normalized spacial score (nSPS) is 20.4. The van der Waals surface area contributed by atoms with E-state index in [1.165, 1.54) is 24.3 Å². The molecule has 92 valence electrons. The predicted octanol–water partition coefficient (Wildman–Crippen LogP) is 0.625. The van der Waals surface area contributed by atoms with Crippen LogP contribution in [-0.4, -0.2) is 43.2 Å². The number of rotatable bonds is 2. The molecular weight excluding hydrogens is 223 g/mol. The molecule has 0 aliphatic carbocycles. The van der Waals surface area contributed by atoms with Crippen LogP contribution in [0.5, 0.6) is 0 Å². The van der Waals surface area contributed by atoms with Gasteiger partial charge < -0.3 is 15.4 Å². The number of morpholine rings is 1. The third-order valence-corrected chi connectivity index (χ3v) is 2.78. The Hall–Kier alpha value is -1.46. The summed E-state index contributed by atoms with van der Waals surface area (Å²) in [7, 11) is 0. The maximum atomic E-state index is 12.7. The number of halogens is 1. The standard InChI is InChI=1S/C12H15FN2O2/c13-10-3-1-9(2-4-10)12(16)15-5-6-17-11(7-14)8-15/h1-4,11H,5-8,14H2/t11-/m1/s1. The van der Waals surface area contributed by atoms with Gasteiger partial charge in [0.25, 0.3) is 5.91 Å². The summed E-state index contributed by atoms with van der Waals surface area (Å²) in [6, 6.07) is 5.55. The topological polar surface area (TPSA) is 55.6 Å². The van der Waals surface area contributed by atoms with Crippen LogP contribution in [0.4, 0.5) is 4.39 Å². The van der Waals surface area contributed by atoms with Crippen molar-refractivity contribution < 1.29 is 13.9 Å². The third-order valence-electron chi connectivity index (χ3n) is 2.78. The van der Waals surface area contributed by atoms with E-state index in [0.717, 1.165) is 0 Å². The molecule has 0 saturated carbocycles. The van der Waals surface area contributed by atoms with E-state index < -0.39 is 0 Å². The number of amides is 1. The molecule has 0 radical (unpaired) electrons. The smallest absolute Gasteiger partial charge is 0.254 e. The summed E-state index contributed by atoms with van der Waals surface area (Å²) in [5, 5.41) is 0. The molecule has 5 heteroatoms. The van der Waals surface area contributed by atoms with Gasteiger partial charge in [0.1, 0.15) is 5.82 Å². The maximum absolute atomic E-state index is 12.7. The van der Waals surface area contributed by atoms with Crippen LogP contribution in [0.2, 0.25) is 0 Å². The second-order valence-corrected chi connectivity index (χ2v) is 3.99. The Labute approximate surface area is 99.2 Å². The molecule has 1 aromatic rings. The van der Waals surface area contributed by atoms with Gasteiger partial charge in [0.2, 0.25) is 0 Å². The van der Waals surface area contributed by atoms with E-state index in [9.17, 15) is 9.18 Å². The molecule has 2 N–H and O–H groups in total. The van der Waals surface area contributed by atoms with Gasteiger partial charge in [-0.15, -0.1) is 0 Å². The summed E-state index contributed by atoms with van der Waals surface area (Å²) in [5.74, 6) is -0.449. The van der Waals surface area contributed by atoms with Crippen LogP contribution >= 0.6 is 0 Å². The molecule has 1 atom stereocenters. The Morgan fingerprint density at radius 3 is 2.82 bits per heavy atom. The fourth-order valence-electron chi connectivity index (χ4n) is 1.82. The average molecular weight is 238 g/mol. The number of carbonyl (C=O) groups is 1. The summed E-state index contributed by atoms with van der Waals surface area (Å²) in [4.78, 5) is 13.8. The lowest BCUT2D eigenvalue weighted by atomic mass is 10.1. The molecule has 1 fully saturated rings. The van der Waals surface area contributed by atoms with Crippen molar-refractivity contribution >= 4 is 5.91 Å². The largest absolute Gasteiger partial charge is 0.373 e. The fourth-order valence-corrected chi connectivity index (χ4v) is 1.82. The van der Waals surface area contributed by atoms with E-state index in [0.29, 0.717) is 31.8 Å². The highest BCUT2D eigenvalue weighted by Gasteiger charge is 2.23. The van der Waals surface area contributed by atoms with Gasteiger partial charge in [-0.3, -0.25) is 4.79 Å². The second-order valence-electron chi connectivity index (χ2n) is 3.99. The number of nitrogens with zero attached hydrogens (tertiary/aromatic N) is 1. The molecular formula is C12H15FN2O2. The van der Waals surface area contributed by atoms with E-state index in [4.69, 9.17) is 10.5 Å². The first-order chi connectivity index (χ1) is 8.20. The third kappa shape index (κ3) is 2.81. The van der Waals surface area contributed by atoms with Gasteiger partial charge in [-0.25, -0.2) is 4.39 Å². The van der Waals surface area contributed by atoms with E-state index in [2.05, 4.69) is 0 Å². The molecule has 0 spiro atoms. The fraction of sp³-hybridized carbons (Fsp3) is 0.417. The van der Waals surface area contributed by atoms with Crippen LogP contribution in [0.3, 0.4) is 0 Å². The van der Waals surface area contributed by atoms with Gasteiger partial charge in [-0.05, 0) is 24.3 Å². The highest BCUT2D eigenvalue weighted by atomic mass is 19.1. The van der Waals surface area contributed by atoms with E-state index in [1.807, 2.05) is 0 Å². The maximum Gasteiger partial charge on any atom is 0.254 e. The number of carbonyl (C=O) groups excluding carboxylic acids is 1. The Balaban J connectivity index is 2.06. The Kier molecular flexibility index (Phi) is 3.71. The number of nitrogens with two attached hydrogens (primary N) is 1. The van der Waals surface area contributed by atoms with E-state index in [-0.39, 0.29) is 17.8 Å². The zero-order valence-electron chi connectivity index (χ0n) is 9.43. The van der Waals surface area contributed by atoms with E-state index in [1.54, 1.807) is 4.90 Å². The minimum absolute atomic E-state index is 0.104. The van der Waals surface area contributed by atoms with Crippen LogP contribution in [0.1, 0.15) is 10.4 Å². The molecule has 0 bridgehead atoms. The van der Waals surface area contributed by atoms with Gasteiger partial charge in [0.05, 0.1) is 12.7 Å². The first-order valence-corrected chi connectivity index (χ1v) is 5.57. The van der Waals surface area contributed by atoms with Crippen molar-refractivity contribution in [3.05, 3.63) is 35.6 Å². The highest BCUT2D eigenvalue weighted by molar-refractivity contribution is 5.94. The number of ether oxygens (including phenoxy) is 1. The van der Waals surface area contributed by atoms with Crippen LogP contribution in [0, 0.1) is 5.82 Å². The molecule has 1 aliphatic rings. The molecule has 17 heavy (non-hydrogen) atoms. The molecule has 0 aromatic heterocycles. The molecule has 1 aliphatic heterocycles. The minimum Gasteiger partial charge on any atom is -0.373 e.